The topological polar surface area (TPSA) is 57.5 Å². The predicted octanol–water partition coefficient (Wildman–Crippen LogP) is 1.61. The number of carbonyl (C=O) groups is 1. The number of hydrogen-bond acceptors (Lipinski definition) is 2. The fraction of sp³-hybridized carbons (Fsp3) is 0.800. The molecule has 3 nitrogen and oxygen atoms in total. The molecule has 0 aromatic rings. The molecule has 1 aliphatic carbocycles. The lowest BCUT2D eigenvalue weighted by molar-refractivity contribution is -0.151. The van der Waals surface area contributed by atoms with Crippen LogP contribution in [0.1, 0.15) is 38.5 Å². The molecule has 0 saturated heterocycles. The summed E-state index contributed by atoms with van der Waals surface area (Å²) in [5.74, 6) is -0.686. The molecule has 0 spiro atoms. The van der Waals surface area contributed by atoms with Crippen LogP contribution in [0.2, 0.25) is 0 Å². The Kier molecular flexibility index (Phi) is 3.72. The molecule has 0 aliphatic heterocycles. The smallest absolute Gasteiger partial charge is 0.309 e. The quantitative estimate of drug-likeness (QED) is 0.699. The van der Waals surface area contributed by atoms with Crippen LogP contribution >= 0.6 is 0 Å². The van der Waals surface area contributed by atoms with E-state index in [1.54, 1.807) is 0 Å². The second-order valence-electron chi connectivity index (χ2n) is 3.78. The maximum atomic E-state index is 11.1. The van der Waals surface area contributed by atoms with Gasteiger partial charge < -0.3 is 10.2 Å². The minimum atomic E-state index is -0.686. The molecule has 75 valence electrons. The Hall–Kier alpha value is -0.570. The standard InChI is InChI=1S/C10H17O3/c11-8-4-7-10(9(12)13)5-2-1-3-6-10/h1,11H,2-8H2,(H,12,13). The van der Waals surface area contributed by atoms with Gasteiger partial charge in [0, 0.05) is 6.61 Å². The lowest BCUT2D eigenvalue weighted by Gasteiger charge is -2.32. The average Bonchev–Trinajstić information content (AvgIpc) is 2.16. The predicted molar refractivity (Wildman–Crippen MR) is 49.2 cm³/mol. The molecule has 0 bridgehead atoms. The van der Waals surface area contributed by atoms with Crippen LogP contribution in [0.25, 0.3) is 0 Å². The minimum absolute atomic E-state index is 0.0960. The molecule has 1 saturated carbocycles. The summed E-state index contributed by atoms with van der Waals surface area (Å²) in [6, 6.07) is 0. The van der Waals surface area contributed by atoms with Crippen LogP contribution in [-0.4, -0.2) is 22.8 Å². The van der Waals surface area contributed by atoms with Crippen molar-refractivity contribution in [2.24, 2.45) is 5.41 Å². The Bertz CT molecular complexity index is 171. The highest BCUT2D eigenvalue weighted by atomic mass is 16.4. The lowest BCUT2D eigenvalue weighted by Crippen LogP contribution is -2.33. The molecule has 0 unspecified atom stereocenters. The fourth-order valence-corrected chi connectivity index (χ4v) is 2.01. The Morgan fingerprint density at radius 1 is 1.38 bits per heavy atom. The average molecular weight is 185 g/mol. The monoisotopic (exact) mass is 185 g/mol. The van der Waals surface area contributed by atoms with Crippen molar-refractivity contribution in [3.8, 4) is 0 Å². The summed E-state index contributed by atoms with van der Waals surface area (Å²) in [6.45, 7) is 0.0960. The molecular weight excluding hydrogens is 168 g/mol. The van der Waals surface area contributed by atoms with Gasteiger partial charge in [-0.25, -0.2) is 0 Å². The van der Waals surface area contributed by atoms with Crippen molar-refractivity contribution >= 4 is 5.97 Å². The van der Waals surface area contributed by atoms with Gasteiger partial charge in [0.05, 0.1) is 5.41 Å². The van der Waals surface area contributed by atoms with Crippen molar-refractivity contribution < 1.29 is 15.0 Å². The number of hydrogen-bond donors (Lipinski definition) is 2. The highest BCUT2D eigenvalue weighted by molar-refractivity contribution is 5.74. The van der Waals surface area contributed by atoms with Crippen LogP contribution in [0.5, 0.6) is 0 Å². The number of aliphatic hydroxyl groups is 1. The van der Waals surface area contributed by atoms with Crippen LogP contribution in [0.15, 0.2) is 0 Å². The number of carboxylic acid groups (broad SMARTS) is 1. The van der Waals surface area contributed by atoms with E-state index >= 15 is 0 Å². The third-order valence-corrected chi connectivity index (χ3v) is 2.92. The Balaban J connectivity index is 2.56. The van der Waals surface area contributed by atoms with E-state index in [0.717, 1.165) is 25.7 Å². The van der Waals surface area contributed by atoms with Crippen LogP contribution in [0, 0.1) is 11.8 Å². The van der Waals surface area contributed by atoms with Crippen molar-refractivity contribution in [1.82, 2.24) is 0 Å². The molecule has 1 fully saturated rings. The van der Waals surface area contributed by atoms with E-state index < -0.39 is 11.4 Å². The van der Waals surface area contributed by atoms with E-state index in [-0.39, 0.29) is 6.61 Å². The summed E-state index contributed by atoms with van der Waals surface area (Å²) < 4.78 is 0. The Labute approximate surface area is 78.8 Å². The maximum absolute atomic E-state index is 11.1. The Morgan fingerprint density at radius 3 is 2.46 bits per heavy atom. The zero-order valence-corrected chi connectivity index (χ0v) is 7.83. The molecule has 0 heterocycles. The molecule has 13 heavy (non-hydrogen) atoms. The van der Waals surface area contributed by atoms with Crippen LogP contribution < -0.4 is 0 Å². The van der Waals surface area contributed by atoms with Gasteiger partial charge in [-0.15, -0.1) is 0 Å². The molecule has 0 amide bonds. The van der Waals surface area contributed by atoms with Gasteiger partial charge in [0.25, 0.3) is 0 Å². The maximum Gasteiger partial charge on any atom is 0.309 e. The first kappa shape index (κ1) is 10.5. The molecule has 1 radical (unpaired) electrons. The summed E-state index contributed by atoms with van der Waals surface area (Å²) in [6.07, 6.45) is 6.65. The second-order valence-corrected chi connectivity index (χ2v) is 3.78. The van der Waals surface area contributed by atoms with Crippen LogP contribution in [0.3, 0.4) is 0 Å². The summed E-state index contributed by atoms with van der Waals surface area (Å²) in [5, 5.41) is 17.8. The van der Waals surface area contributed by atoms with Crippen molar-refractivity contribution in [2.45, 2.75) is 38.5 Å². The highest BCUT2D eigenvalue weighted by Gasteiger charge is 2.38. The number of aliphatic carboxylic acids is 1. The molecule has 1 rings (SSSR count). The zero-order chi connectivity index (χ0) is 9.73. The zero-order valence-electron chi connectivity index (χ0n) is 7.83. The summed E-state index contributed by atoms with van der Waals surface area (Å²) in [4.78, 5) is 11.1. The molecule has 0 atom stereocenters. The Morgan fingerprint density at radius 2 is 2.00 bits per heavy atom. The number of rotatable bonds is 4. The van der Waals surface area contributed by atoms with Crippen molar-refractivity contribution in [2.75, 3.05) is 6.61 Å². The summed E-state index contributed by atoms with van der Waals surface area (Å²) in [5.41, 5.74) is -0.544. The van der Waals surface area contributed by atoms with E-state index in [9.17, 15) is 4.79 Å². The van der Waals surface area contributed by atoms with Crippen molar-refractivity contribution in [3.63, 3.8) is 0 Å². The van der Waals surface area contributed by atoms with Crippen LogP contribution in [-0.2, 0) is 4.79 Å². The van der Waals surface area contributed by atoms with E-state index in [1.807, 2.05) is 0 Å². The van der Waals surface area contributed by atoms with Gasteiger partial charge >= 0.3 is 5.97 Å². The molecule has 3 heteroatoms. The molecule has 1 aliphatic rings. The van der Waals surface area contributed by atoms with E-state index in [2.05, 4.69) is 6.42 Å². The molecule has 2 N–H and O–H groups in total. The van der Waals surface area contributed by atoms with Gasteiger partial charge in [-0.05, 0) is 44.9 Å². The van der Waals surface area contributed by atoms with Crippen LogP contribution in [0.4, 0.5) is 0 Å². The van der Waals surface area contributed by atoms with Crippen molar-refractivity contribution in [3.05, 3.63) is 6.42 Å². The van der Waals surface area contributed by atoms with Gasteiger partial charge in [-0.1, -0.05) is 0 Å². The first-order valence-electron chi connectivity index (χ1n) is 4.87. The van der Waals surface area contributed by atoms with Gasteiger partial charge in [0.15, 0.2) is 0 Å². The van der Waals surface area contributed by atoms with E-state index in [0.29, 0.717) is 12.8 Å². The minimum Gasteiger partial charge on any atom is -0.481 e. The third kappa shape index (κ3) is 2.44. The third-order valence-electron chi connectivity index (χ3n) is 2.92. The fourth-order valence-electron chi connectivity index (χ4n) is 2.01. The number of carboxylic acids is 1. The first-order chi connectivity index (χ1) is 6.21. The van der Waals surface area contributed by atoms with Gasteiger partial charge in [-0.3, -0.25) is 4.79 Å². The largest absolute Gasteiger partial charge is 0.481 e. The normalized spacial score (nSPS) is 21.3. The molecular formula is C10H17O3. The molecule has 0 aromatic carbocycles. The number of aliphatic hydroxyl groups excluding tert-OH is 1. The second kappa shape index (κ2) is 4.61. The first-order valence-corrected chi connectivity index (χ1v) is 4.87. The van der Waals surface area contributed by atoms with Gasteiger partial charge in [0.1, 0.15) is 0 Å². The van der Waals surface area contributed by atoms with Gasteiger partial charge in [0.2, 0.25) is 0 Å². The summed E-state index contributed by atoms with van der Waals surface area (Å²) in [7, 11) is 0. The van der Waals surface area contributed by atoms with Gasteiger partial charge in [-0.2, -0.15) is 0 Å². The highest BCUT2D eigenvalue weighted by Crippen LogP contribution is 2.39. The van der Waals surface area contributed by atoms with E-state index in [1.165, 1.54) is 0 Å². The molecule has 0 aromatic heterocycles. The van der Waals surface area contributed by atoms with E-state index in [4.69, 9.17) is 10.2 Å². The lowest BCUT2D eigenvalue weighted by atomic mass is 9.71. The SMILES string of the molecule is O=C(O)C1(CCCO)CC[CH]CC1. The summed E-state index contributed by atoms with van der Waals surface area (Å²) >= 11 is 0. The van der Waals surface area contributed by atoms with Crippen molar-refractivity contribution in [1.29, 1.82) is 0 Å².